The highest BCUT2D eigenvalue weighted by Gasteiger charge is 2.71. The van der Waals surface area contributed by atoms with Crippen LogP contribution in [0.3, 0.4) is 0 Å². The summed E-state index contributed by atoms with van der Waals surface area (Å²) in [5, 5.41) is 24.8. The number of nitrogens with zero attached hydrogens (tertiary/aromatic N) is 3. The number of aliphatic hydroxyl groups excluding tert-OH is 2. The molecular formula is C10H17N5O11P2. The van der Waals surface area contributed by atoms with E-state index >= 15 is 0 Å². The molecule has 0 aliphatic carbocycles. The van der Waals surface area contributed by atoms with E-state index in [2.05, 4.69) is 19.1 Å². The van der Waals surface area contributed by atoms with E-state index in [4.69, 9.17) is 25.1 Å². The monoisotopic (exact) mass is 445 g/mol. The summed E-state index contributed by atoms with van der Waals surface area (Å²) in [6.07, 6.45) is -4.15. The number of nitrogens with two attached hydrogens (primary N) is 1. The van der Waals surface area contributed by atoms with E-state index in [1.165, 1.54) is 16.3 Å². The van der Waals surface area contributed by atoms with Crippen molar-refractivity contribution in [1.29, 1.82) is 0 Å². The SMILES string of the molecule is NC1=C2NCN([C@@H]3O[C@H](COP(=O)(O)OP(=O)(O)O)[C@@H](O)[C@H]3O)[C@]23ON3C=N1. The van der Waals surface area contributed by atoms with E-state index in [0.717, 1.165) is 0 Å². The van der Waals surface area contributed by atoms with Gasteiger partial charge < -0.3 is 40.7 Å². The molecule has 0 aromatic carbocycles. The molecule has 6 atom stereocenters. The van der Waals surface area contributed by atoms with Crippen LogP contribution in [0.25, 0.3) is 0 Å². The number of phosphoric ester groups is 1. The third-order valence-electron chi connectivity index (χ3n) is 4.45. The molecular weight excluding hydrogens is 428 g/mol. The zero-order valence-electron chi connectivity index (χ0n) is 13.8. The summed E-state index contributed by atoms with van der Waals surface area (Å²) in [7, 11) is -10.4. The maximum absolute atomic E-state index is 11.5. The number of hydroxylamine groups is 2. The Balaban J connectivity index is 1.44. The molecule has 0 aromatic rings. The van der Waals surface area contributed by atoms with E-state index in [9.17, 15) is 24.2 Å². The maximum Gasteiger partial charge on any atom is 0.481 e. The minimum absolute atomic E-state index is 0.109. The second-order valence-corrected chi connectivity index (χ2v) is 9.05. The molecule has 158 valence electrons. The van der Waals surface area contributed by atoms with Crippen LogP contribution in [-0.4, -0.2) is 84.9 Å². The Morgan fingerprint density at radius 3 is 2.75 bits per heavy atom. The zero-order chi connectivity index (χ0) is 20.5. The van der Waals surface area contributed by atoms with E-state index in [1.807, 2.05) is 0 Å². The topological polar surface area (TPSA) is 232 Å². The van der Waals surface area contributed by atoms with Crippen molar-refractivity contribution >= 4 is 22.0 Å². The summed E-state index contributed by atoms with van der Waals surface area (Å²) >= 11 is 0. The number of hydrogen-bond acceptors (Lipinski definition) is 13. The maximum atomic E-state index is 11.5. The number of hydrogen-bond donors (Lipinski definition) is 7. The normalized spacial score (nSPS) is 39.5. The fourth-order valence-electron chi connectivity index (χ4n) is 3.23. The van der Waals surface area contributed by atoms with Crippen LogP contribution in [0.4, 0.5) is 0 Å². The number of aliphatic imine (C=N–C) groups is 1. The predicted octanol–water partition coefficient (Wildman–Crippen LogP) is -3.41. The fraction of sp³-hybridized carbons (Fsp3) is 0.700. The van der Waals surface area contributed by atoms with Gasteiger partial charge in [0.2, 0.25) is 0 Å². The molecule has 1 spiro atoms. The van der Waals surface area contributed by atoms with Gasteiger partial charge >= 0.3 is 15.6 Å². The van der Waals surface area contributed by atoms with Gasteiger partial charge in [-0.3, -0.25) is 4.52 Å². The lowest BCUT2D eigenvalue weighted by Gasteiger charge is -2.28. The molecule has 0 radical (unpaired) electrons. The first-order chi connectivity index (χ1) is 12.9. The number of ether oxygens (including phenoxy) is 1. The van der Waals surface area contributed by atoms with Gasteiger partial charge in [0.1, 0.15) is 36.6 Å². The molecule has 0 bridgehead atoms. The van der Waals surface area contributed by atoms with Crippen molar-refractivity contribution in [3.8, 4) is 0 Å². The van der Waals surface area contributed by atoms with Crippen LogP contribution in [0.2, 0.25) is 0 Å². The van der Waals surface area contributed by atoms with E-state index in [-0.39, 0.29) is 12.5 Å². The van der Waals surface area contributed by atoms with Crippen LogP contribution in [0.1, 0.15) is 0 Å². The van der Waals surface area contributed by atoms with Crippen LogP contribution in [0, 0.1) is 0 Å². The van der Waals surface area contributed by atoms with Gasteiger partial charge in [0.15, 0.2) is 5.82 Å². The fourth-order valence-corrected chi connectivity index (χ4v) is 4.83. The summed E-state index contributed by atoms with van der Waals surface area (Å²) in [4.78, 5) is 37.4. The third kappa shape index (κ3) is 3.27. The number of phosphoric acid groups is 2. The van der Waals surface area contributed by atoms with Crippen LogP contribution in [0.5, 0.6) is 0 Å². The van der Waals surface area contributed by atoms with Gasteiger partial charge in [-0.15, -0.1) is 0 Å². The Hall–Kier alpha value is -1.13. The second kappa shape index (κ2) is 6.43. The Labute approximate surface area is 156 Å². The lowest BCUT2D eigenvalue weighted by atomic mass is 10.1. The van der Waals surface area contributed by atoms with Crippen molar-refractivity contribution in [2.75, 3.05) is 13.3 Å². The van der Waals surface area contributed by atoms with Crippen LogP contribution >= 0.6 is 15.6 Å². The van der Waals surface area contributed by atoms with Crippen molar-refractivity contribution in [2.45, 2.75) is 30.4 Å². The Morgan fingerprint density at radius 2 is 2.07 bits per heavy atom. The van der Waals surface area contributed by atoms with Crippen molar-refractivity contribution in [1.82, 2.24) is 15.3 Å². The van der Waals surface area contributed by atoms with Gasteiger partial charge in [0, 0.05) is 0 Å². The summed E-state index contributed by atoms with van der Waals surface area (Å²) in [6.45, 7) is -0.689. The van der Waals surface area contributed by atoms with Gasteiger partial charge in [-0.1, -0.05) is 0 Å². The zero-order valence-corrected chi connectivity index (χ0v) is 15.6. The number of rotatable bonds is 6. The molecule has 3 saturated heterocycles. The molecule has 0 aromatic heterocycles. The van der Waals surface area contributed by atoms with Crippen molar-refractivity contribution < 1.29 is 52.4 Å². The first-order valence-corrected chi connectivity index (χ1v) is 10.8. The second-order valence-electron chi connectivity index (χ2n) is 6.22. The van der Waals surface area contributed by atoms with Crippen LogP contribution in [0.15, 0.2) is 16.5 Å². The Morgan fingerprint density at radius 1 is 1.36 bits per heavy atom. The molecule has 8 N–H and O–H groups in total. The molecule has 0 saturated carbocycles. The van der Waals surface area contributed by atoms with Crippen molar-refractivity contribution in [3.05, 3.63) is 11.5 Å². The van der Waals surface area contributed by atoms with Crippen LogP contribution in [-0.2, 0) is 27.5 Å². The molecule has 28 heavy (non-hydrogen) atoms. The summed E-state index contributed by atoms with van der Waals surface area (Å²) < 4.78 is 35.8. The van der Waals surface area contributed by atoms with E-state index in [0.29, 0.717) is 5.70 Å². The van der Waals surface area contributed by atoms with Crippen LogP contribution < -0.4 is 11.1 Å². The molecule has 3 fully saturated rings. The summed E-state index contributed by atoms with van der Waals surface area (Å²) in [5.41, 5.74) is 6.23. The first kappa shape index (κ1) is 20.2. The standard InChI is InChI=1S/C10H17N5O11P2/c11-8-7-10(15(25-10)3-13-8)14(2-12-7)9-6(17)5(16)4(24-9)1-23-28(21,22)26-27(18,19)20/h3-6,9,12,16-17H,1-2,11H2,(H,21,22)(H2,18,19,20)/t4-,5-,6-,9-,10-,15?/m1/s1. The van der Waals surface area contributed by atoms with E-state index in [1.54, 1.807) is 0 Å². The van der Waals surface area contributed by atoms with Crippen molar-refractivity contribution in [2.24, 2.45) is 10.7 Å². The first-order valence-electron chi connectivity index (χ1n) is 7.74. The van der Waals surface area contributed by atoms with E-state index < -0.39 is 52.6 Å². The van der Waals surface area contributed by atoms with Gasteiger partial charge in [0.05, 0.1) is 13.3 Å². The largest absolute Gasteiger partial charge is 0.481 e. The molecule has 4 aliphatic heterocycles. The van der Waals surface area contributed by atoms with Gasteiger partial charge in [-0.25, -0.2) is 23.9 Å². The smallest absolute Gasteiger partial charge is 0.387 e. The molecule has 18 heteroatoms. The Bertz CT molecular complexity index is 833. The summed E-state index contributed by atoms with van der Waals surface area (Å²) in [5.74, 6) is -1.01. The lowest BCUT2D eigenvalue weighted by molar-refractivity contribution is -0.119. The number of nitrogens with one attached hydrogen (secondary N) is 1. The van der Waals surface area contributed by atoms with Crippen molar-refractivity contribution in [3.63, 3.8) is 0 Å². The molecule has 16 nitrogen and oxygen atoms in total. The summed E-state index contributed by atoms with van der Waals surface area (Å²) in [6, 6.07) is 0. The van der Waals surface area contributed by atoms with Gasteiger partial charge in [-0.2, -0.15) is 9.37 Å². The average molecular weight is 445 g/mol. The lowest BCUT2D eigenvalue weighted by Crippen LogP contribution is -2.50. The minimum atomic E-state index is -5.29. The highest BCUT2D eigenvalue weighted by Crippen LogP contribution is 2.58. The molecule has 0 amide bonds. The molecule has 4 rings (SSSR count). The highest BCUT2D eigenvalue weighted by molar-refractivity contribution is 7.60. The molecule has 4 aliphatic rings. The molecule has 4 heterocycles. The number of aliphatic hydroxyl groups is 2. The highest BCUT2D eigenvalue weighted by atomic mass is 31.3. The van der Waals surface area contributed by atoms with Gasteiger partial charge in [-0.05, 0) is 0 Å². The Kier molecular flexibility index (Phi) is 4.63. The van der Waals surface area contributed by atoms with Gasteiger partial charge in [0.25, 0.3) is 5.85 Å². The molecule has 1 unspecified atom stereocenters. The minimum Gasteiger partial charge on any atom is -0.387 e. The quantitative estimate of drug-likeness (QED) is 0.156. The predicted molar refractivity (Wildman–Crippen MR) is 84.8 cm³/mol. The third-order valence-corrected chi connectivity index (χ3v) is 6.60. The average Bonchev–Trinajstić information content (AvgIpc) is 3.07.